The number of H-pyrrole nitrogens is 1. The van der Waals surface area contributed by atoms with Gasteiger partial charge in [0.05, 0.1) is 18.4 Å². The Morgan fingerprint density at radius 3 is 2.82 bits per heavy atom. The quantitative estimate of drug-likeness (QED) is 0.648. The number of nitrogens with zero attached hydrogens (tertiary/aromatic N) is 4. The number of aromatic nitrogens is 3. The van der Waals surface area contributed by atoms with Gasteiger partial charge in [-0.2, -0.15) is 0 Å². The van der Waals surface area contributed by atoms with Crippen molar-refractivity contribution in [3.63, 3.8) is 0 Å². The van der Waals surface area contributed by atoms with Gasteiger partial charge in [-0.25, -0.2) is 4.98 Å². The van der Waals surface area contributed by atoms with Crippen LogP contribution in [0.3, 0.4) is 0 Å². The highest BCUT2D eigenvalue weighted by Crippen LogP contribution is 2.27. The number of aromatic amines is 1. The first-order valence-electron chi connectivity index (χ1n) is 11.3. The molecule has 0 unspecified atom stereocenters. The van der Waals surface area contributed by atoms with E-state index in [4.69, 9.17) is 9.72 Å². The Balaban J connectivity index is 1.29. The van der Waals surface area contributed by atoms with Gasteiger partial charge >= 0.3 is 0 Å². The Kier molecular flexibility index (Phi) is 5.92. The van der Waals surface area contributed by atoms with E-state index in [1.54, 1.807) is 31.6 Å². The van der Waals surface area contributed by atoms with Crippen molar-refractivity contribution in [1.82, 2.24) is 24.8 Å². The zero-order chi connectivity index (χ0) is 22.8. The molecular weight excluding hydrogens is 418 g/mol. The van der Waals surface area contributed by atoms with E-state index < -0.39 is 0 Å². The lowest BCUT2D eigenvalue weighted by atomic mass is 10.0. The lowest BCUT2D eigenvalue weighted by Crippen LogP contribution is -2.36. The highest BCUT2D eigenvalue weighted by molar-refractivity contribution is 5.94. The van der Waals surface area contributed by atoms with E-state index in [0.717, 1.165) is 36.5 Å². The second kappa shape index (κ2) is 9.15. The van der Waals surface area contributed by atoms with E-state index >= 15 is 0 Å². The topological polar surface area (TPSA) is 91.4 Å². The van der Waals surface area contributed by atoms with Crippen molar-refractivity contribution >= 4 is 5.91 Å². The summed E-state index contributed by atoms with van der Waals surface area (Å²) in [6.07, 6.45) is 4.71. The molecule has 0 bridgehead atoms. The molecule has 8 nitrogen and oxygen atoms in total. The molecule has 0 saturated carbocycles. The molecule has 1 fully saturated rings. The highest BCUT2D eigenvalue weighted by Gasteiger charge is 2.31. The molecule has 3 aromatic rings. The number of ether oxygens (including phenoxy) is 1. The average molecular weight is 446 g/mol. The first kappa shape index (κ1) is 21.3. The van der Waals surface area contributed by atoms with Crippen molar-refractivity contribution in [1.29, 1.82) is 0 Å². The van der Waals surface area contributed by atoms with E-state index in [1.165, 1.54) is 5.56 Å². The van der Waals surface area contributed by atoms with Gasteiger partial charge in [-0.3, -0.25) is 19.5 Å². The minimum absolute atomic E-state index is 0.0283. The largest absolute Gasteiger partial charge is 0.497 e. The molecule has 1 saturated heterocycles. The van der Waals surface area contributed by atoms with E-state index in [1.807, 2.05) is 17.0 Å². The number of amides is 1. The van der Waals surface area contributed by atoms with E-state index in [0.29, 0.717) is 37.4 Å². The first-order chi connectivity index (χ1) is 16.1. The summed E-state index contributed by atoms with van der Waals surface area (Å²) in [5.74, 6) is 1.52. The third kappa shape index (κ3) is 4.52. The molecule has 0 aliphatic carbocycles. The molecule has 8 heteroatoms. The number of pyridine rings is 1. The normalized spacial score (nSPS) is 18.2. The summed E-state index contributed by atoms with van der Waals surface area (Å²) < 4.78 is 5.24. The van der Waals surface area contributed by atoms with Crippen LogP contribution in [0.25, 0.3) is 0 Å². The number of benzene rings is 1. The molecule has 2 aliphatic rings. The fourth-order valence-corrected chi connectivity index (χ4v) is 4.67. The molecule has 170 valence electrons. The van der Waals surface area contributed by atoms with Crippen LogP contribution in [-0.2, 0) is 19.5 Å². The second-order valence-corrected chi connectivity index (χ2v) is 8.66. The Morgan fingerprint density at radius 1 is 1.21 bits per heavy atom. The molecule has 2 aliphatic heterocycles. The number of nitrogens with one attached hydrogen (secondary N) is 1. The first-order valence-corrected chi connectivity index (χ1v) is 11.3. The molecule has 0 spiro atoms. The minimum Gasteiger partial charge on any atom is -0.497 e. The summed E-state index contributed by atoms with van der Waals surface area (Å²) in [5, 5.41) is 0. The fourth-order valence-electron chi connectivity index (χ4n) is 4.67. The number of likely N-dealkylation sites (tertiary alicyclic amines) is 1. The minimum atomic E-state index is -0.0452. The predicted octanol–water partition coefficient (Wildman–Crippen LogP) is 2.36. The maximum atomic E-state index is 12.8. The van der Waals surface area contributed by atoms with Crippen LogP contribution in [0.4, 0.5) is 0 Å². The van der Waals surface area contributed by atoms with Gasteiger partial charge in [-0.05, 0) is 42.7 Å². The zero-order valence-electron chi connectivity index (χ0n) is 18.7. The summed E-state index contributed by atoms with van der Waals surface area (Å²) in [6.45, 7) is 3.45. The number of carbonyl (C=O) groups excluding carboxylic acids is 1. The van der Waals surface area contributed by atoms with Gasteiger partial charge < -0.3 is 14.6 Å². The van der Waals surface area contributed by atoms with Gasteiger partial charge in [0, 0.05) is 56.6 Å². The predicted molar refractivity (Wildman–Crippen MR) is 123 cm³/mol. The van der Waals surface area contributed by atoms with Crippen LogP contribution in [0.2, 0.25) is 0 Å². The molecule has 33 heavy (non-hydrogen) atoms. The van der Waals surface area contributed by atoms with E-state index in [9.17, 15) is 9.59 Å². The summed E-state index contributed by atoms with van der Waals surface area (Å²) in [7, 11) is 1.66. The molecule has 4 heterocycles. The van der Waals surface area contributed by atoms with E-state index in [-0.39, 0.29) is 17.4 Å². The Labute approximate surface area is 192 Å². The molecule has 1 aromatic carbocycles. The lowest BCUT2D eigenvalue weighted by molar-refractivity contribution is 0.0790. The van der Waals surface area contributed by atoms with Crippen LogP contribution in [-0.4, -0.2) is 57.4 Å². The third-order valence-corrected chi connectivity index (χ3v) is 6.51. The zero-order valence-corrected chi connectivity index (χ0v) is 18.7. The van der Waals surface area contributed by atoms with Crippen LogP contribution >= 0.6 is 0 Å². The Bertz CT molecular complexity index is 1190. The van der Waals surface area contributed by atoms with Crippen molar-refractivity contribution in [3.05, 3.63) is 87.4 Å². The molecular formula is C25H27N5O3. The number of fused-ring (bicyclic) bond motifs is 1. The molecule has 2 aromatic heterocycles. The van der Waals surface area contributed by atoms with Crippen molar-refractivity contribution < 1.29 is 9.53 Å². The Hall–Kier alpha value is -3.52. The molecule has 5 rings (SSSR count). The summed E-state index contributed by atoms with van der Waals surface area (Å²) in [4.78, 5) is 41.6. The maximum absolute atomic E-state index is 12.8. The fraction of sp³-hybridized carbons (Fsp3) is 0.360. The molecule has 1 atom stereocenters. The SMILES string of the molecule is COc1ccc(CN2CCc3c(nc([C@@H]4CCN(C(=O)c5cccnc5)C4)[nH]c3=O)C2)cc1. The number of hydrogen-bond acceptors (Lipinski definition) is 6. The van der Waals surface area contributed by atoms with Crippen LogP contribution in [0.1, 0.15) is 45.3 Å². The highest BCUT2D eigenvalue weighted by atomic mass is 16.5. The monoisotopic (exact) mass is 445 g/mol. The van der Waals surface area contributed by atoms with Gasteiger partial charge in [-0.1, -0.05) is 12.1 Å². The van der Waals surface area contributed by atoms with Gasteiger partial charge in [-0.15, -0.1) is 0 Å². The summed E-state index contributed by atoms with van der Waals surface area (Å²) >= 11 is 0. The number of hydrogen-bond donors (Lipinski definition) is 1. The van der Waals surface area contributed by atoms with Crippen LogP contribution < -0.4 is 10.3 Å². The van der Waals surface area contributed by atoms with Crippen molar-refractivity contribution in [3.8, 4) is 5.75 Å². The van der Waals surface area contributed by atoms with Crippen LogP contribution in [0.15, 0.2) is 53.6 Å². The van der Waals surface area contributed by atoms with Gasteiger partial charge in [0.25, 0.3) is 11.5 Å². The lowest BCUT2D eigenvalue weighted by Gasteiger charge is -2.28. The van der Waals surface area contributed by atoms with Crippen LogP contribution in [0.5, 0.6) is 5.75 Å². The van der Waals surface area contributed by atoms with Crippen molar-refractivity contribution in [2.45, 2.75) is 31.8 Å². The number of carbonyl (C=O) groups is 1. The van der Waals surface area contributed by atoms with Gasteiger partial charge in [0.15, 0.2) is 0 Å². The summed E-state index contributed by atoms with van der Waals surface area (Å²) in [6, 6.07) is 11.6. The van der Waals surface area contributed by atoms with Gasteiger partial charge in [0.2, 0.25) is 0 Å². The standard InChI is InChI=1S/C25H27N5O3/c1-33-20-6-4-17(5-7-20)14-29-11-9-21-22(16-29)27-23(28-24(21)31)19-8-12-30(15-19)25(32)18-3-2-10-26-13-18/h2-7,10,13,19H,8-9,11-12,14-16H2,1H3,(H,27,28,31)/t19-/m1/s1. The second-order valence-electron chi connectivity index (χ2n) is 8.66. The van der Waals surface area contributed by atoms with E-state index in [2.05, 4.69) is 27.0 Å². The summed E-state index contributed by atoms with van der Waals surface area (Å²) in [5.41, 5.74) is 3.37. The molecule has 1 N–H and O–H groups in total. The van der Waals surface area contributed by atoms with Crippen LogP contribution in [0, 0.1) is 0 Å². The van der Waals surface area contributed by atoms with Gasteiger partial charge in [0.1, 0.15) is 11.6 Å². The average Bonchev–Trinajstić information content (AvgIpc) is 3.35. The van der Waals surface area contributed by atoms with Crippen molar-refractivity contribution in [2.75, 3.05) is 26.7 Å². The maximum Gasteiger partial charge on any atom is 0.255 e. The third-order valence-electron chi connectivity index (χ3n) is 6.51. The number of rotatable bonds is 5. The molecule has 0 radical (unpaired) electrons. The number of methoxy groups -OCH3 is 1. The molecule has 1 amide bonds. The van der Waals surface area contributed by atoms with Crippen molar-refractivity contribution in [2.24, 2.45) is 0 Å². The Morgan fingerprint density at radius 2 is 2.06 bits per heavy atom. The smallest absolute Gasteiger partial charge is 0.255 e.